The fourth-order valence-corrected chi connectivity index (χ4v) is 2.75. The van der Waals surface area contributed by atoms with Gasteiger partial charge < -0.3 is 4.74 Å². The number of ether oxygens (including phenoxy) is 1. The lowest BCUT2D eigenvalue weighted by Gasteiger charge is -2.05. The van der Waals surface area contributed by atoms with Gasteiger partial charge in [0.1, 0.15) is 0 Å². The molecule has 1 aromatic heterocycles. The highest BCUT2D eigenvalue weighted by Crippen LogP contribution is 2.24. The molecule has 0 spiro atoms. The summed E-state index contributed by atoms with van der Waals surface area (Å²) in [4.78, 5) is 12.1. The van der Waals surface area contributed by atoms with Gasteiger partial charge in [-0.1, -0.05) is 6.07 Å². The van der Waals surface area contributed by atoms with Crippen LogP contribution in [-0.2, 0) is 0 Å². The summed E-state index contributed by atoms with van der Waals surface area (Å²) in [5.74, 6) is -0.845. The van der Waals surface area contributed by atoms with E-state index in [1.807, 2.05) is 0 Å². The summed E-state index contributed by atoms with van der Waals surface area (Å²) < 4.78 is 19.7. The predicted octanol–water partition coefficient (Wildman–Crippen LogP) is 3.73. The molecule has 0 fully saturated rings. The van der Waals surface area contributed by atoms with Crippen LogP contribution in [0.15, 0.2) is 29.6 Å². The predicted molar refractivity (Wildman–Crippen MR) is 73.4 cm³/mol. The van der Waals surface area contributed by atoms with Crippen molar-refractivity contribution in [2.24, 2.45) is 0 Å². The zero-order valence-electron chi connectivity index (χ0n) is 8.87. The van der Waals surface area contributed by atoms with Gasteiger partial charge in [0.05, 0.1) is 15.6 Å². The molecular weight excluding hydrogens is 354 g/mol. The standard InChI is InChI=1S/C12H8FIO2S/c1-16-9-4-2-3-8(11(9)13)12(15)7-5-10(14)17-6-7/h2-6H,1H3. The van der Waals surface area contributed by atoms with Gasteiger partial charge in [0.15, 0.2) is 17.3 Å². The third kappa shape index (κ3) is 2.50. The molecule has 2 aromatic rings. The molecule has 1 aromatic carbocycles. The topological polar surface area (TPSA) is 26.3 Å². The quantitative estimate of drug-likeness (QED) is 0.615. The van der Waals surface area contributed by atoms with Crippen molar-refractivity contribution in [3.05, 3.63) is 49.5 Å². The summed E-state index contributed by atoms with van der Waals surface area (Å²) in [5, 5.41) is 1.73. The maximum atomic E-state index is 13.9. The van der Waals surface area contributed by atoms with Gasteiger partial charge in [-0.3, -0.25) is 4.79 Å². The molecule has 88 valence electrons. The molecule has 2 nitrogen and oxygen atoms in total. The smallest absolute Gasteiger partial charge is 0.196 e. The summed E-state index contributed by atoms with van der Waals surface area (Å²) in [6, 6.07) is 6.30. The number of halogens is 2. The van der Waals surface area contributed by atoms with Crippen LogP contribution in [0.3, 0.4) is 0 Å². The van der Waals surface area contributed by atoms with Crippen LogP contribution < -0.4 is 4.74 Å². The first-order valence-corrected chi connectivity index (χ1v) is 6.70. The van der Waals surface area contributed by atoms with E-state index in [2.05, 4.69) is 22.6 Å². The highest BCUT2D eigenvalue weighted by molar-refractivity contribution is 14.1. The lowest BCUT2D eigenvalue weighted by Crippen LogP contribution is -2.04. The average Bonchev–Trinajstić information content (AvgIpc) is 2.75. The zero-order chi connectivity index (χ0) is 12.4. The van der Waals surface area contributed by atoms with E-state index in [9.17, 15) is 9.18 Å². The Hall–Kier alpha value is -0.950. The molecule has 0 radical (unpaired) electrons. The molecule has 0 aliphatic heterocycles. The first-order chi connectivity index (χ1) is 8.13. The number of benzene rings is 1. The molecule has 0 atom stereocenters. The van der Waals surface area contributed by atoms with E-state index in [-0.39, 0.29) is 17.1 Å². The number of carbonyl (C=O) groups excluding carboxylic acids is 1. The summed E-state index contributed by atoms with van der Waals surface area (Å²) in [6.07, 6.45) is 0. The van der Waals surface area contributed by atoms with Crippen molar-refractivity contribution in [1.82, 2.24) is 0 Å². The van der Waals surface area contributed by atoms with Crippen LogP contribution in [0.1, 0.15) is 15.9 Å². The number of hydrogen-bond donors (Lipinski definition) is 0. The summed E-state index contributed by atoms with van der Waals surface area (Å²) in [5.41, 5.74) is 0.546. The SMILES string of the molecule is COc1cccc(C(=O)c2csc(I)c2)c1F. The van der Waals surface area contributed by atoms with Crippen LogP contribution in [0.2, 0.25) is 0 Å². The normalized spacial score (nSPS) is 10.3. The minimum Gasteiger partial charge on any atom is -0.494 e. The number of carbonyl (C=O) groups is 1. The summed E-state index contributed by atoms with van der Waals surface area (Å²) in [6.45, 7) is 0. The molecule has 1 heterocycles. The van der Waals surface area contributed by atoms with E-state index in [4.69, 9.17) is 4.74 Å². The number of hydrogen-bond acceptors (Lipinski definition) is 3. The van der Waals surface area contributed by atoms with Gasteiger partial charge >= 0.3 is 0 Å². The molecule has 0 aliphatic rings. The Morgan fingerprint density at radius 3 is 2.82 bits per heavy atom. The largest absolute Gasteiger partial charge is 0.494 e. The lowest BCUT2D eigenvalue weighted by atomic mass is 10.1. The van der Waals surface area contributed by atoms with Crippen LogP contribution in [0.25, 0.3) is 0 Å². The van der Waals surface area contributed by atoms with E-state index in [1.54, 1.807) is 17.5 Å². The maximum absolute atomic E-state index is 13.9. The van der Waals surface area contributed by atoms with Crippen LogP contribution >= 0.6 is 33.9 Å². The van der Waals surface area contributed by atoms with Crippen molar-refractivity contribution in [3.8, 4) is 5.75 Å². The van der Waals surface area contributed by atoms with Gasteiger partial charge in [-0.05, 0) is 40.8 Å². The zero-order valence-corrected chi connectivity index (χ0v) is 11.8. The van der Waals surface area contributed by atoms with E-state index in [0.717, 1.165) is 2.88 Å². The Balaban J connectivity index is 2.44. The van der Waals surface area contributed by atoms with Crippen LogP contribution in [-0.4, -0.2) is 12.9 Å². The van der Waals surface area contributed by atoms with Crippen LogP contribution in [0.5, 0.6) is 5.75 Å². The maximum Gasteiger partial charge on any atom is 0.196 e. The molecule has 0 bridgehead atoms. The van der Waals surface area contributed by atoms with Crippen molar-refractivity contribution >= 4 is 39.7 Å². The molecule has 5 heteroatoms. The third-order valence-corrected chi connectivity index (χ3v) is 4.05. The third-order valence-electron chi connectivity index (χ3n) is 2.26. The van der Waals surface area contributed by atoms with Gasteiger partial charge in [0.2, 0.25) is 0 Å². The van der Waals surface area contributed by atoms with E-state index in [1.165, 1.54) is 30.6 Å². The molecule has 2 rings (SSSR count). The molecule has 0 unspecified atom stereocenters. The van der Waals surface area contributed by atoms with Crippen LogP contribution in [0, 0.1) is 8.70 Å². The number of rotatable bonds is 3. The summed E-state index contributed by atoms with van der Waals surface area (Å²) >= 11 is 3.58. The fourth-order valence-electron chi connectivity index (χ4n) is 1.43. The second-order valence-corrected chi connectivity index (χ2v) is 6.10. The Morgan fingerprint density at radius 1 is 1.47 bits per heavy atom. The number of methoxy groups -OCH3 is 1. The molecule has 0 saturated carbocycles. The molecule has 0 N–H and O–H groups in total. The van der Waals surface area contributed by atoms with Gasteiger partial charge in [-0.15, -0.1) is 11.3 Å². The Kier molecular flexibility index (Phi) is 3.78. The first kappa shape index (κ1) is 12.5. The number of thiophene rings is 1. The van der Waals surface area contributed by atoms with Crippen molar-refractivity contribution in [3.63, 3.8) is 0 Å². The van der Waals surface area contributed by atoms with Crippen LogP contribution in [0.4, 0.5) is 4.39 Å². The van der Waals surface area contributed by atoms with Crippen molar-refractivity contribution in [1.29, 1.82) is 0 Å². The highest BCUT2D eigenvalue weighted by atomic mass is 127. The number of ketones is 1. The Labute approximate surface area is 116 Å². The molecule has 0 amide bonds. The molecule has 0 aliphatic carbocycles. The molecule has 0 saturated heterocycles. The minimum absolute atomic E-state index is 0.0403. The van der Waals surface area contributed by atoms with E-state index >= 15 is 0 Å². The fraction of sp³-hybridized carbons (Fsp3) is 0.0833. The van der Waals surface area contributed by atoms with Crippen molar-refractivity contribution in [2.45, 2.75) is 0 Å². The monoisotopic (exact) mass is 362 g/mol. The van der Waals surface area contributed by atoms with Gasteiger partial charge in [-0.25, -0.2) is 4.39 Å². The minimum atomic E-state index is -0.610. The summed E-state index contributed by atoms with van der Waals surface area (Å²) in [7, 11) is 1.38. The van der Waals surface area contributed by atoms with Gasteiger partial charge in [-0.2, -0.15) is 0 Å². The average molecular weight is 362 g/mol. The second-order valence-electron chi connectivity index (χ2n) is 3.29. The lowest BCUT2D eigenvalue weighted by molar-refractivity contribution is 0.103. The highest BCUT2D eigenvalue weighted by Gasteiger charge is 2.17. The first-order valence-electron chi connectivity index (χ1n) is 4.74. The van der Waals surface area contributed by atoms with Gasteiger partial charge in [0, 0.05) is 10.9 Å². The van der Waals surface area contributed by atoms with Crippen molar-refractivity contribution < 1.29 is 13.9 Å². The molecule has 17 heavy (non-hydrogen) atoms. The van der Waals surface area contributed by atoms with E-state index in [0.29, 0.717) is 5.56 Å². The second kappa shape index (κ2) is 5.14. The van der Waals surface area contributed by atoms with Crippen molar-refractivity contribution in [2.75, 3.05) is 7.11 Å². The van der Waals surface area contributed by atoms with E-state index < -0.39 is 5.82 Å². The Morgan fingerprint density at radius 2 is 2.24 bits per heavy atom. The molecular formula is C12H8FIO2S. The Bertz CT molecular complexity index is 565. The van der Waals surface area contributed by atoms with Gasteiger partial charge in [0.25, 0.3) is 0 Å².